The molecule has 1 atom stereocenters. The molecule has 60 valence electrons. The minimum Gasteiger partial charge on any atom is -0.391 e. The standard InChI is InChI=1S/C7H15NOS/c1-4-9-6(5(2)3)7(8)10/h5-6H,4H2,1-3H3,(H2,8,10)/t6-/m0/s1. The minimum absolute atomic E-state index is 0.0556. The quantitative estimate of drug-likeness (QED) is 0.632. The van der Waals surface area contributed by atoms with Crippen LogP contribution in [0.4, 0.5) is 0 Å². The van der Waals surface area contributed by atoms with Gasteiger partial charge in [-0.05, 0) is 12.8 Å². The molecule has 0 aromatic carbocycles. The van der Waals surface area contributed by atoms with Crippen LogP contribution in [-0.2, 0) is 4.74 Å². The molecule has 10 heavy (non-hydrogen) atoms. The molecule has 0 fully saturated rings. The van der Waals surface area contributed by atoms with Gasteiger partial charge in [0, 0.05) is 6.61 Å². The smallest absolute Gasteiger partial charge is 0.109 e. The third-order valence-corrected chi connectivity index (χ3v) is 1.46. The average Bonchev–Trinajstić information content (AvgIpc) is 1.81. The summed E-state index contributed by atoms with van der Waals surface area (Å²) in [6.07, 6.45) is -0.0556. The zero-order chi connectivity index (χ0) is 8.15. The van der Waals surface area contributed by atoms with Crippen molar-refractivity contribution in [3.8, 4) is 0 Å². The van der Waals surface area contributed by atoms with E-state index in [0.29, 0.717) is 17.5 Å². The average molecular weight is 161 g/mol. The van der Waals surface area contributed by atoms with E-state index in [4.69, 9.17) is 22.7 Å². The Hall–Kier alpha value is -0.150. The summed E-state index contributed by atoms with van der Waals surface area (Å²) in [5, 5.41) is 0. The van der Waals surface area contributed by atoms with E-state index >= 15 is 0 Å². The lowest BCUT2D eigenvalue weighted by molar-refractivity contribution is 0.0792. The summed E-state index contributed by atoms with van der Waals surface area (Å²) in [6.45, 7) is 6.69. The molecule has 2 N–H and O–H groups in total. The van der Waals surface area contributed by atoms with Crippen molar-refractivity contribution in [1.82, 2.24) is 0 Å². The van der Waals surface area contributed by atoms with Crippen LogP contribution >= 0.6 is 12.2 Å². The fraction of sp³-hybridized carbons (Fsp3) is 0.857. The van der Waals surface area contributed by atoms with Gasteiger partial charge in [-0.3, -0.25) is 0 Å². The molecular weight excluding hydrogens is 146 g/mol. The van der Waals surface area contributed by atoms with E-state index in [0.717, 1.165) is 0 Å². The minimum atomic E-state index is -0.0556. The van der Waals surface area contributed by atoms with Crippen molar-refractivity contribution in [2.75, 3.05) is 6.61 Å². The van der Waals surface area contributed by atoms with Crippen LogP contribution in [0.15, 0.2) is 0 Å². The molecule has 0 saturated heterocycles. The number of nitrogens with two attached hydrogens (primary N) is 1. The zero-order valence-electron chi connectivity index (χ0n) is 6.76. The second-order valence-electron chi connectivity index (χ2n) is 2.52. The van der Waals surface area contributed by atoms with Crippen LogP contribution < -0.4 is 5.73 Å². The molecule has 0 aliphatic carbocycles. The molecule has 0 spiro atoms. The third-order valence-electron chi connectivity index (χ3n) is 1.23. The molecule has 0 aliphatic rings. The van der Waals surface area contributed by atoms with E-state index in [9.17, 15) is 0 Å². The highest BCUT2D eigenvalue weighted by molar-refractivity contribution is 7.80. The molecule has 0 unspecified atom stereocenters. The van der Waals surface area contributed by atoms with Gasteiger partial charge in [0.1, 0.15) is 11.1 Å². The highest BCUT2D eigenvalue weighted by Crippen LogP contribution is 2.06. The van der Waals surface area contributed by atoms with Crippen LogP contribution in [0.2, 0.25) is 0 Å². The second-order valence-corrected chi connectivity index (χ2v) is 2.99. The largest absolute Gasteiger partial charge is 0.391 e. The highest BCUT2D eigenvalue weighted by Gasteiger charge is 2.15. The van der Waals surface area contributed by atoms with E-state index in [2.05, 4.69) is 0 Å². The predicted molar refractivity (Wildman–Crippen MR) is 47.0 cm³/mol. The summed E-state index contributed by atoms with van der Waals surface area (Å²) in [6, 6.07) is 0. The number of hydrogen-bond donors (Lipinski definition) is 1. The van der Waals surface area contributed by atoms with E-state index < -0.39 is 0 Å². The highest BCUT2D eigenvalue weighted by atomic mass is 32.1. The van der Waals surface area contributed by atoms with Gasteiger partial charge < -0.3 is 10.5 Å². The van der Waals surface area contributed by atoms with Crippen molar-refractivity contribution in [2.45, 2.75) is 26.9 Å². The predicted octanol–water partition coefficient (Wildman–Crippen LogP) is 1.33. The molecular formula is C7H15NOS. The first-order valence-corrected chi connectivity index (χ1v) is 3.91. The van der Waals surface area contributed by atoms with Crippen LogP contribution in [0.1, 0.15) is 20.8 Å². The zero-order valence-corrected chi connectivity index (χ0v) is 7.57. The molecule has 0 heterocycles. The molecule has 2 nitrogen and oxygen atoms in total. The van der Waals surface area contributed by atoms with Gasteiger partial charge in [0.05, 0.1) is 0 Å². The van der Waals surface area contributed by atoms with Crippen molar-refractivity contribution < 1.29 is 4.74 Å². The number of ether oxygens (including phenoxy) is 1. The fourth-order valence-electron chi connectivity index (χ4n) is 0.783. The summed E-state index contributed by atoms with van der Waals surface area (Å²) in [7, 11) is 0. The molecule has 0 aliphatic heterocycles. The molecule has 0 aromatic rings. The normalized spacial score (nSPS) is 13.6. The van der Waals surface area contributed by atoms with E-state index in [1.807, 2.05) is 20.8 Å². The maximum atomic E-state index is 5.43. The number of rotatable bonds is 4. The number of thiocarbonyl (C=S) groups is 1. The van der Waals surface area contributed by atoms with E-state index in [1.165, 1.54) is 0 Å². The lowest BCUT2D eigenvalue weighted by Crippen LogP contribution is -2.33. The Labute approximate surface area is 67.7 Å². The molecule has 0 bridgehead atoms. The summed E-state index contributed by atoms with van der Waals surface area (Å²) in [5.74, 6) is 0.373. The van der Waals surface area contributed by atoms with Crippen LogP contribution in [0.25, 0.3) is 0 Å². The first-order chi connectivity index (χ1) is 4.59. The Morgan fingerprint density at radius 2 is 2.10 bits per heavy atom. The van der Waals surface area contributed by atoms with Gasteiger partial charge in [0.2, 0.25) is 0 Å². The van der Waals surface area contributed by atoms with E-state index in [1.54, 1.807) is 0 Å². The summed E-state index contributed by atoms with van der Waals surface area (Å²) < 4.78 is 5.30. The Kier molecular flexibility index (Phi) is 4.56. The Balaban J connectivity index is 3.85. The van der Waals surface area contributed by atoms with Crippen molar-refractivity contribution in [2.24, 2.45) is 11.7 Å². The SMILES string of the molecule is CCO[C@H](C(N)=S)C(C)C. The first kappa shape index (κ1) is 9.85. The fourth-order valence-corrected chi connectivity index (χ4v) is 1.12. The van der Waals surface area contributed by atoms with Crippen LogP contribution in [0.5, 0.6) is 0 Å². The summed E-state index contributed by atoms with van der Waals surface area (Å²) in [5.41, 5.74) is 5.43. The Morgan fingerprint density at radius 3 is 2.20 bits per heavy atom. The van der Waals surface area contributed by atoms with Gasteiger partial charge in [-0.25, -0.2) is 0 Å². The molecule has 0 radical (unpaired) electrons. The lowest BCUT2D eigenvalue weighted by atomic mass is 10.1. The van der Waals surface area contributed by atoms with Gasteiger partial charge in [0.25, 0.3) is 0 Å². The van der Waals surface area contributed by atoms with Crippen molar-refractivity contribution in [3.05, 3.63) is 0 Å². The van der Waals surface area contributed by atoms with E-state index in [-0.39, 0.29) is 6.10 Å². The van der Waals surface area contributed by atoms with Crippen LogP contribution in [0.3, 0.4) is 0 Å². The number of hydrogen-bond acceptors (Lipinski definition) is 2. The maximum absolute atomic E-state index is 5.43. The summed E-state index contributed by atoms with van der Waals surface area (Å²) in [4.78, 5) is 0.455. The Morgan fingerprint density at radius 1 is 1.60 bits per heavy atom. The summed E-state index contributed by atoms with van der Waals surface area (Å²) >= 11 is 4.81. The maximum Gasteiger partial charge on any atom is 0.109 e. The van der Waals surface area contributed by atoms with Crippen LogP contribution in [-0.4, -0.2) is 17.7 Å². The lowest BCUT2D eigenvalue weighted by Gasteiger charge is -2.18. The molecule has 0 rings (SSSR count). The molecule has 0 amide bonds. The van der Waals surface area contributed by atoms with Gasteiger partial charge in [-0.1, -0.05) is 26.1 Å². The molecule has 0 aromatic heterocycles. The van der Waals surface area contributed by atoms with Crippen molar-refractivity contribution >= 4 is 17.2 Å². The van der Waals surface area contributed by atoms with Gasteiger partial charge in [-0.15, -0.1) is 0 Å². The first-order valence-electron chi connectivity index (χ1n) is 3.50. The van der Waals surface area contributed by atoms with Gasteiger partial charge in [0.15, 0.2) is 0 Å². The molecule has 0 saturated carbocycles. The van der Waals surface area contributed by atoms with Gasteiger partial charge >= 0.3 is 0 Å². The van der Waals surface area contributed by atoms with Gasteiger partial charge in [-0.2, -0.15) is 0 Å². The van der Waals surface area contributed by atoms with Crippen LogP contribution in [0, 0.1) is 5.92 Å². The Bertz CT molecular complexity index is 114. The third kappa shape index (κ3) is 3.13. The molecule has 3 heteroatoms. The van der Waals surface area contributed by atoms with Crippen molar-refractivity contribution in [1.29, 1.82) is 0 Å². The topological polar surface area (TPSA) is 35.2 Å². The van der Waals surface area contributed by atoms with Crippen molar-refractivity contribution in [3.63, 3.8) is 0 Å². The monoisotopic (exact) mass is 161 g/mol. The second kappa shape index (κ2) is 4.63.